The first-order valence-electron chi connectivity index (χ1n) is 11.3. The molecule has 0 radical (unpaired) electrons. The molecule has 0 saturated carbocycles. The van der Waals surface area contributed by atoms with E-state index in [-0.39, 0.29) is 5.75 Å². The van der Waals surface area contributed by atoms with E-state index in [9.17, 15) is 8.42 Å². The van der Waals surface area contributed by atoms with Crippen LogP contribution in [0.25, 0.3) is 22.2 Å². The van der Waals surface area contributed by atoms with E-state index in [2.05, 4.69) is 46.3 Å². The van der Waals surface area contributed by atoms with Gasteiger partial charge in [-0.05, 0) is 48.9 Å². The fourth-order valence-corrected chi connectivity index (χ4v) is 6.23. The third-order valence-electron chi connectivity index (χ3n) is 6.61. The fourth-order valence-electron chi connectivity index (χ4n) is 4.71. The average molecular weight is 451 g/mol. The van der Waals surface area contributed by atoms with Gasteiger partial charge in [0.15, 0.2) is 0 Å². The van der Waals surface area contributed by atoms with Crippen LogP contribution in [0.3, 0.4) is 0 Å². The van der Waals surface area contributed by atoms with Crippen LogP contribution in [0.4, 0.5) is 0 Å². The molecule has 2 aromatic carbocycles. The zero-order chi connectivity index (χ0) is 22.1. The van der Waals surface area contributed by atoms with Crippen molar-refractivity contribution in [1.82, 2.24) is 18.7 Å². The minimum absolute atomic E-state index is 0.188. The SMILES string of the molecule is Cn1cc(-c2ccc3c(ccn3CC3CCN(S(=O)(=O)CCc4ccccc4)CC3)c2)[nH]1. The highest BCUT2D eigenvalue weighted by molar-refractivity contribution is 7.89. The zero-order valence-corrected chi connectivity index (χ0v) is 19.3. The van der Waals surface area contributed by atoms with Gasteiger partial charge in [0.05, 0.1) is 11.4 Å². The van der Waals surface area contributed by atoms with Crippen LogP contribution < -0.4 is 0 Å². The molecule has 1 aliphatic rings. The molecule has 0 atom stereocenters. The predicted molar refractivity (Wildman–Crippen MR) is 129 cm³/mol. The van der Waals surface area contributed by atoms with Crippen LogP contribution in [0, 0.1) is 5.92 Å². The molecule has 2 aromatic heterocycles. The lowest BCUT2D eigenvalue weighted by Crippen LogP contribution is -2.40. The number of aromatic nitrogens is 3. The van der Waals surface area contributed by atoms with E-state index in [1.165, 1.54) is 16.5 Å². The number of aryl methyl sites for hydroxylation is 2. The smallest absolute Gasteiger partial charge is 0.214 e. The van der Waals surface area contributed by atoms with Gasteiger partial charge in [0.2, 0.25) is 10.0 Å². The van der Waals surface area contributed by atoms with E-state index < -0.39 is 10.0 Å². The van der Waals surface area contributed by atoms with Crippen LogP contribution in [0.1, 0.15) is 18.4 Å². The van der Waals surface area contributed by atoms with E-state index in [4.69, 9.17) is 0 Å². The number of nitrogens with one attached hydrogen (secondary N) is 1. The lowest BCUT2D eigenvalue weighted by atomic mass is 9.98. The lowest BCUT2D eigenvalue weighted by molar-refractivity contribution is 0.255. The number of hydrogen-bond donors (Lipinski definition) is 1. The second-order valence-electron chi connectivity index (χ2n) is 8.90. The van der Waals surface area contributed by atoms with Crippen molar-refractivity contribution in [3.05, 3.63) is 72.6 Å². The monoisotopic (exact) mass is 450 g/mol. The van der Waals surface area contributed by atoms with Crippen molar-refractivity contribution in [2.75, 3.05) is 18.8 Å². The Hall–Kier alpha value is -2.77. The molecule has 0 unspecified atom stereocenters. The minimum Gasteiger partial charge on any atom is -0.347 e. The molecule has 4 aromatic rings. The molecule has 1 aliphatic heterocycles. The molecule has 5 rings (SSSR count). The summed E-state index contributed by atoms with van der Waals surface area (Å²) in [5.74, 6) is 0.684. The third kappa shape index (κ3) is 4.40. The number of piperidine rings is 1. The highest BCUT2D eigenvalue weighted by atomic mass is 32.2. The van der Waals surface area contributed by atoms with Crippen molar-refractivity contribution in [3.63, 3.8) is 0 Å². The Labute approximate surface area is 189 Å². The van der Waals surface area contributed by atoms with Gasteiger partial charge in [0, 0.05) is 55.5 Å². The standard InChI is InChI=1S/C25H30N4O2S/c1-27-19-24(26-27)22-7-8-25-23(17-22)11-13-28(25)18-21-9-14-29(15-10-21)32(30,31)16-12-20-5-3-2-4-6-20/h2-8,11,13,17,19,21,26H,9-10,12,14-16,18H2,1H3. The van der Waals surface area contributed by atoms with Gasteiger partial charge in [0.1, 0.15) is 0 Å². The molecular weight excluding hydrogens is 420 g/mol. The van der Waals surface area contributed by atoms with Gasteiger partial charge < -0.3 is 4.57 Å². The van der Waals surface area contributed by atoms with Gasteiger partial charge in [-0.25, -0.2) is 12.7 Å². The Morgan fingerprint density at radius 3 is 2.50 bits per heavy atom. The predicted octanol–water partition coefficient (Wildman–Crippen LogP) is 4.26. The first-order valence-corrected chi connectivity index (χ1v) is 12.9. The number of H-pyrrole nitrogens is 1. The quantitative estimate of drug-likeness (QED) is 0.457. The van der Waals surface area contributed by atoms with Crippen LogP contribution in [-0.4, -0.2) is 45.9 Å². The molecule has 168 valence electrons. The van der Waals surface area contributed by atoms with Crippen molar-refractivity contribution < 1.29 is 8.42 Å². The summed E-state index contributed by atoms with van der Waals surface area (Å²) in [5, 5.41) is 4.50. The molecule has 1 fully saturated rings. The van der Waals surface area contributed by atoms with E-state index in [0.29, 0.717) is 25.4 Å². The summed E-state index contributed by atoms with van der Waals surface area (Å²) in [6, 6.07) is 18.6. The lowest BCUT2D eigenvalue weighted by Gasteiger charge is -2.31. The molecule has 7 heteroatoms. The molecule has 32 heavy (non-hydrogen) atoms. The van der Waals surface area contributed by atoms with Gasteiger partial charge in [-0.3, -0.25) is 9.78 Å². The molecular formula is C25H30N4O2S. The highest BCUT2D eigenvalue weighted by Gasteiger charge is 2.28. The van der Waals surface area contributed by atoms with Crippen LogP contribution >= 0.6 is 0 Å². The largest absolute Gasteiger partial charge is 0.347 e. The van der Waals surface area contributed by atoms with Crippen molar-refractivity contribution in [3.8, 4) is 11.3 Å². The van der Waals surface area contributed by atoms with Gasteiger partial charge in [0.25, 0.3) is 0 Å². The van der Waals surface area contributed by atoms with E-state index in [0.717, 1.165) is 30.6 Å². The van der Waals surface area contributed by atoms with Crippen LogP contribution in [0.5, 0.6) is 0 Å². The number of nitrogens with zero attached hydrogens (tertiary/aromatic N) is 3. The highest BCUT2D eigenvalue weighted by Crippen LogP contribution is 2.27. The zero-order valence-electron chi connectivity index (χ0n) is 18.4. The second-order valence-corrected chi connectivity index (χ2v) is 11.0. The third-order valence-corrected chi connectivity index (χ3v) is 8.49. The van der Waals surface area contributed by atoms with Gasteiger partial charge in [-0.1, -0.05) is 36.4 Å². The van der Waals surface area contributed by atoms with E-state index >= 15 is 0 Å². The van der Waals surface area contributed by atoms with Crippen LogP contribution in [-0.2, 0) is 30.0 Å². The number of rotatable bonds is 7. The average Bonchev–Trinajstić information content (AvgIpc) is 3.18. The Kier molecular flexibility index (Phi) is 5.69. The number of hydrogen-bond acceptors (Lipinski definition) is 2. The van der Waals surface area contributed by atoms with Crippen molar-refractivity contribution in [2.24, 2.45) is 13.0 Å². The number of aromatic amines is 1. The molecule has 3 heterocycles. The van der Waals surface area contributed by atoms with Gasteiger partial charge >= 0.3 is 0 Å². The molecule has 0 spiro atoms. The molecule has 0 aliphatic carbocycles. The van der Waals surface area contributed by atoms with Gasteiger partial charge in [-0.2, -0.15) is 0 Å². The summed E-state index contributed by atoms with van der Waals surface area (Å²) < 4.78 is 31.6. The maximum Gasteiger partial charge on any atom is 0.214 e. The fraction of sp³-hybridized carbons (Fsp3) is 0.360. The maximum absolute atomic E-state index is 12.8. The number of sulfonamides is 1. The van der Waals surface area contributed by atoms with Crippen molar-refractivity contribution in [2.45, 2.75) is 25.8 Å². The summed E-state index contributed by atoms with van der Waals surface area (Å²) in [7, 11) is -1.22. The second kappa shape index (κ2) is 8.64. The normalized spacial score (nSPS) is 16.2. The first kappa shape index (κ1) is 21.1. The van der Waals surface area contributed by atoms with Crippen molar-refractivity contribution in [1.29, 1.82) is 0 Å². The van der Waals surface area contributed by atoms with Crippen LogP contribution in [0.15, 0.2) is 67.0 Å². The first-order chi connectivity index (χ1) is 15.5. The molecule has 1 saturated heterocycles. The Balaban J connectivity index is 1.18. The molecule has 6 nitrogen and oxygen atoms in total. The Bertz CT molecular complexity index is 1280. The van der Waals surface area contributed by atoms with Crippen LogP contribution in [0.2, 0.25) is 0 Å². The summed E-state index contributed by atoms with van der Waals surface area (Å²) in [4.78, 5) is 0. The molecule has 0 bridgehead atoms. The summed E-state index contributed by atoms with van der Waals surface area (Å²) in [6.45, 7) is 2.18. The van der Waals surface area contributed by atoms with E-state index in [1.807, 2.05) is 42.1 Å². The summed E-state index contributed by atoms with van der Waals surface area (Å²) in [5.41, 5.74) is 4.65. The minimum atomic E-state index is -3.20. The number of fused-ring (bicyclic) bond motifs is 1. The maximum atomic E-state index is 12.8. The van der Waals surface area contributed by atoms with Gasteiger partial charge in [-0.15, -0.1) is 0 Å². The molecule has 0 amide bonds. The number of benzene rings is 2. The Morgan fingerprint density at radius 1 is 1.03 bits per heavy atom. The van der Waals surface area contributed by atoms with Crippen molar-refractivity contribution >= 4 is 20.9 Å². The summed E-state index contributed by atoms with van der Waals surface area (Å²) in [6.07, 6.45) is 6.63. The summed E-state index contributed by atoms with van der Waals surface area (Å²) >= 11 is 0. The molecule has 1 N–H and O–H groups in total. The van der Waals surface area contributed by atoms with E-state index in [1.54, 1.807) is 4.31 Å². The Morgan fingerprint density at radius 2 is 1.78 bits per heavy atom. The topological polar surface area (TPSA) is 63.0 Å².